The minimum absolute atomic E-state index is 0.431. The van der Waals surface area contributed by atoms with Gasteiger partial charge in [0.2, 0.25) is 0 Å². The van der Waals surface area contributed by atoms with Crippen molar-refractivity contribution in [1.82, 2.24) is 4.57 Å². The van der Waals surface area contributed by atoms with Crippen molar-refractivity contribution < 1.29 is 9.53 Å². The molecule has 1 heterocycles. The molecule has 1 aromatic heterocycles. The monoisotopic (exact) mass is 223 g/mol. The Hall–Kier alpha value is -1.25. The molecule has 16 heavy (non-hydrogen) atoms. The number of aromatic nitrogens is 1. The Morgan fingerprint density at radius 1 is 1.50 bits per heavy atom. The van der Waals surface area contributed by atoms with E-state index in [0.29, 0.717) is 13.1 Å². The summed E-state index contributed by atoms with van der Waals surface area (Å²) in [5.74, 6) is 0.871. The molecule has 2 rings (SSSR count). The number of carbonyl (C=O) groups excluding carboxylic acids is 1. The molecule has 3 nitrogen and oxygen atoms in total. The quantitative estimate of drug-likeness (QED) is 0.738. The summed E-state index contributed by atoms with van der Waals surface area (Å²) < 4.78 is 6.30. The summed E-state index contributed by atoms with van der Waals surface area (Å²) in [5, 5.41) is 0. The van der Waals surface area contributed by atoms with Crippen molar-refractivity contribution in [2.45, 2.75) is 38.5 Å². The molecule has 1 saturated carbocycles. The first-order chi connectivity index (χ1) is 7.77. The molecule has 0 radical (unpaired) electrons. The smallest absolute Gasteiger partial charge is 0.293 e. The molecule has 0 aliphatic heterocycles. The Morgan fingerprint density at radius 3 is 2.56 bits per heavy atom. The van der Waals surface area contributed by atoms with Crippen LogP contribution in [0, 0.1) is 0 Å². The summed E-state index contributed by atoms with van der Waals surface area (Å²) in [7, 11) is 2.10. The maximum atomic E-state index is 9.18. The molecule has 0 N–H and O–H groups in total. The first kappa shape index (κ1) is 12.8. The lowest BCUT2D eigenvalue weighted by atomic mass is 10.0. The van der Waals surface area contributed by atoms with Crippen LogP contribution in [-0.2, 0) is 16.6 Å². The predicted molar refractivity (Wildman–Crippen MR) is 64.3 cm³/mol. The normalized spacial score (nSPS) is 15.4. The zero-order valence-electron chi connectivity index (χ0n) is 10.2. The Bertz CT molecular complexity index is 301. The van der Waals surface area contributed by atoms with Gasteiger partial charge in [0, 0.05) is 19.4 Å². The van der Waals surface area contributed by atoms with Gasteiger partial charge in [-0.15, -0.1) is 0 Å². The van der Waals surface area contributed by atoms with Crippen LogP contribution < -0.4 is 0 Å². The van der Waals surface area contributed by atoms with Crippen molar-refractivity contribution in [3.63, 3.8) is 0 Å². The van der Waals surface area contributed by atoms with Gasteiger partial charge < -0.3 is 9.30 Å². The van der Waals surface area contributed by atoms with E-state index < -0.39 is 0 Å². The van der Waals surface area contributed by atoms with Crippen LogP contribution in [0.2, 0.25) is 0 Å². The van der Waals surface area contributed by atoms with Crippen LogP contribution in [0.4, 0.5) is 0 Å². The third-order valence-electron chi connectivity index (χ3n) is 2.92. The summed E-state index contributed by atoms with van der Waals surface area (Å²) in [6.07, 6.45) is 10.1. The molecular formula is C13H21NO2. The Morgan fingerprint density at radius 2 is 2.19 bits per heavy atom. The maximum Gasteiger partial charge on any atom is 0.293 e. The zero-order chi connectivity index (χ0) is 11.8. The summed E-state index contributed by atoms with van der Waals surface area (Å²) in [6.45, 7) is 2.66. The van der Waals surface area contributed by atoms with Crippen LogP contribution in [0.15, 0.2) is 18.5 Å². The van der Waals surface area contributed by atoms with E-state index in [1.165, 1.54) is 25.7 Å². The summed E-state index contributed by atoms with van der Waals surface area (Å²) in [6, 6.07) is 2.26. The fourth-order valence-electron chi connectivity index (χ4n) is 2.09. The van der Waals surface area contributed by atoms with Crippen LogP contribution >= 0.6 is 0 Å². The number of hydrogen-bond acceptors (Lipinski definition) is 2. The fourth-order valence-corrected chi connectivity index (χ4v) is 2.09. The van der Waals surface area contributed by atoms with Crippen molar-refractivity contribution in [1.29, 1.82) is 0 Å². The van der Waals surface area contributed by atoms with Gasteiger partial charge in [0.05, 0.1) is 6.61 Å². The number of carbonyl (C=O) groups is 1. The van der Waals surface area contributed by atoms with Crippen molar-refractivity contribution in [3.8, 4) is 0 Å². The molecule has 0 aromatic carbocycles. The maximum absolute atomic E-state index is 9.18. The molecule has 0 spiro atoms. The lowest BCUT2D eigenvalue weighted by Crippen LogP contribution is -1.89. The molecule has 1 aromatic rings. The third-order valence-corrected chi connectivity index (χ3v) is 2.92. The highest BCUT2D eigenvalue weighted by Gasteiger charge is 2.16. The van der Waals surface area contributed by atoms with Gasteiger partial charge in [-0.3, -0.25) is 4.79 Å². The molecular weight excluding hydrogens is 202 g/mol. The number of hydrogen-bond donors (Lipinski definition) is 0. The fraction of sp³-hybridized carbons (Fsp3) is 0.615. The van der Waals surface area contributed by atoms with Crippen molar-refractivity contribution >= 4 is 6.47 Å². The highest BCUT2D eigenvalue weighted by Crippen LogP contribution is 2.33. The van der Waals surface area contributed by atoms with Crippen LogP contribution in [0.1, 0.15) is 44.1 Å². The SMILES string of the molecule is CCOC=O.Cn1ccc(C2CCCC2)c1. The molecule has 1 aliphatic rings. The third kappa shape index (κ3) is 4.09. The van der Waals surface area contributed by atoms with E-state index in [2.05, 4.69) is 34.8 Å². The summed E-state index contributed by atoms with van der Waals surface area (Å²) >= 11 is 0. The number of aryl methyl sites for hydroxylation is 1. The van der Waals surface area contributed by atoms with E-state index in [1.54, 1.807) is 12.5 Å². The van der Waals surface area contributed by atoms with Gasteiger partial charge in [0.25, 0.3) is 6.47 Å². The minimum atomic E-state index is 0.431. The van der Waals surface area contributed by atoms with Gasteiger partial charge in [-0.1, -0.05) is 12.8 Å². The van der Waals surface area contributed by atoms with E-state index in [0.717, 1.165) is 5.92 Å². The predicted octanol–water partition coefficient (Wildman–Crippen LogP) is 2.86. The standard InChI is InChI=1S/C10H15N.C3H6O2/c1-11-7-6-10(8-11)9-4-2-3-5-9;1-2-5-3-4/h6-9H,2-5H2,1H3;3H,2H2,1H3. The lowest BCUT2D eigenvalue weighted by Gasteiger charge is -2.04. The van der Waals surface area contributed by atoms with E-state index in [4.69, 9.17) is 0 Å². The molecule has 0 bridgehead atoms. The lowest BCUT2D eigenvalue weighted by molar-refractivity contribution is -0.128. The molecule has 90 valence electrons. The molecule has 0 atom stereocenters. The molecule has 0 amide bonds. The van der Waals surface area contributed by atoms with E-state index in [1.807, 2.05) is 0 Å². The zero-order valence-corrected chi connectivity index (χ0v) is 10.2. The average Bonchev–Trinajstić information content (AvgIpc) is 2.89. The first-order valence-corrected chi connectivity index (χ1v) is 5.95. The van der Waals surface area contributed by atoms with E-state index >= 15 is 0 Å². The van der Waals surface area contributed by atoms with Crippen LogP contribution in [0.3, 0.4) is 0 Å². The Labute approximate surface area is 97.4 Å². The van der Waals surface area contributed by atoms with Crippen LogP contribution in [0.5, 0.6) is 0 Å². The van der Waals surface area contributed by atoms with Crippen LogP contribution in [-0.4, -0.2) is 17.6 Å². The number of rotatable bonds is 3. The highest BCUT2D eigenvalue weighted by atomic mass is 16.5. The van der Waals surface area contributed by atoms with Crippen molar-refractivity contribution in [3.05, 3.63) is 24.0 Å². The minimum Gasteiger partial charge on any atom is -0.468 e. The summed E-state index contributed by atoms with van der Waals surface area (Å²) in [5.41, 5.74) is 1.55. The second-order valence-corrected chi connectivity index (χ2v) is 4.14. The van der Waals surface area contributed by atoms with Crippen LogP contribution in [0.25, 0.3) is 0 Å². The molecule has 0 unspecified atom stereocenters. The highest BCUT2D eigenvalue weighted by molar-refractivity contribution is 5.36. The Kier molecular flexibility index (Phi) is 5.68. The molecule has 1 aliphatic carbocycles. The molecule has 3 heteroatoms. The second-order valence-electron chi connectivity index (χ2n) is 4.14. The first-order valence-electron chi connectivity index (χ1n) is 5.95. The molecule has 0 saturated heterocycles. The van der Waals surface area contributed by atoms with Gasteiger partial charge >= 0.3 is 0 Å². The van der Waals surface area contributed by atoms with Crippen molar-refractivity contribution in [2.75, 3.05) is 6.61 Å². The van der Waals surface area contributed by atoms with E-state index in [9.17, 15) is 4.79 Å². The van der Waals surface area contributed by atoms with E-state index in [-0.39, 0.29) is 0 Å². The van der Waals surface area contributed by atoms with Gasteiger partial charge in [-0.2, -0.15) is 0 Å². The Balaban J connectivity index is 0.000000221. The topological polar surface area (TPSA) is 31.2 Å². The largest absolute Gasteiger partial charge is 0.468 e. The van der Waals surface area contributed by atoms with Gasteiger partial charge in [0.15, 0.2) is 0 Å². The van der Waals surface area contributed by atoms with Gasteiger partial charge in [0.1, 0.15) is 0 Å². The van der Waals surface area contributed by atoms with Gasteiger partial charge in [-0.05, 0) is 37.3 Å². The number of nitrogens with zero attached hydrogens (tertiary/aromatic N) is 1. The van der Waals surface area contributed by atoms with Gasteiger partial charge in [-0.25, -0.2) is 0 Å². The summed E-state index contributed by atoms with van der Waals surface area (Å²) in [4.78, 5) is 9.18. The number of ether oxygens (including phenoxy) is 1. The average molecular weight is 223 g/mol. The van der Waals surface area contributed by atoms with Crippen molar-refractivity contribution in [2.24, 2.45) is 7.05 Å². The molecule has 1 fully saturated rings. The second kappa shape index (κ2) is 7.09.